The van der Waals surface area contributed by atoms with Crippen LogP contribution in [0.5, 0.6) is 0 Å². The number of rotatable bonds is 5. The Morgan fingerprint density at radius 1 is 1.50 bits per heavy atom. The number of aliphatic carboxylic acids is 1. The predicted molar refractivity (Wildman–Crippen MR) is 69.3 cm³/mol. The van der Waals surface area contributed by atoms with Crippen molar-refractivity contribution in [2.75, 3.05) is 13.1 Å². The van der Waals surface area contributed by atoms with Gasteiger partial charge in [-0.3, -0.25) is 9.59 Å². The summed E-state index contributed by atoms with van der Waals surface area (Å²) in [6, 6.07) is -0.399. The first-order chi connectivity index (χ1) is 8.45. The molecule has 1 heterocycles. The highest BCUT2D eigenvalue weighted by atomic mass is 16.4. The van der Waals surface area contributed by atoms with Gasteiger partial charge in [0.25, 0.3) is 0 Å². The highest BCUT2D eigenvalue weighted by Crippen LogP contribution is 2.18. The molecule has 0 aliphatic carbocycles. The van der Waals surface area contributed by atoms with Crippen molar-refractivity contribution in [2.24, 2.45) is 5.92 Å². The molecule has 0 aromatic carbocycles. The molecule has 1 aliphatic rings. The van der Waals surface area contributed by atoms with Crippen molar-refractivity contribution in [1.29, 1.82) is 0 Å². The Labute approximate surface area is 109 Å². The van der Waals surface area contributed by atoms with Crippen molar-refractivity contribution in [3.05, 3.63) is 0 Å². The third-order valence-electron chi connectivity index (χ3n) is 3.59. The van der Waals surface area contributed by atoms with Crippen molar-refractivity contribution in [1.82, 2.24) is 10.2 Å². The van der Waals surface area contributed by atoms with Gasteiger partial charge in [0.1, 0.15) is 0 Å². The molecule has 0 spiro atoms. The Hall–Kier alpha value is -1.10. The van der Waals surface area contributed by atoms with E-state index in [0.717, 1.165) is 19.4 Å². The number of carboxylic acid groups (broad SMARTS) is 1. The molecule has 3 atom stereocenters. The molecule has 104 valence electrons. The van der Waals surface area contributed by atoms with Gasteiger partial charge in [-0.2, -0.15) is 0 Å². The normalized spacial score (nSPS) is 25.5. The lowest BCUT2D eigenvalue weighted by atomic mass is 9.93. The van der Waals surface area contributed by atoms with Crippen molar-refractivity contribution in [2.45, 2.75) is 52.1 Å². The maximum atomic E-state index is 12.4. The van der Waals surface area contributed by atoms with E-state index in [9.17, 15) is 9.59 Å². The van der Waals surface area contributed by atoms with E-state index in [-0.39, 0.29) is 24.4 Å². The second kappa shape index (κ2) is 6.73. The zero-order valence-corrected chi connectivity index (χ0v) is 11.5. The Morgan fingerprint density at radius 3 is 2.67 bits per heavy atom. The summed E-state index contributed by atoms with van der Waals surface area (Å²) < 4.78 is 0. The lowest BCUT2D eigenvalue weighted by molar-refractivity contribution is -0.141. The Balaban J connectivity index is 2.63. The molecule has 18 heavy (non-hydrogen) atoms. The number of hydrogen-bond donors (Lipinski definition) is 2. The summed E-state index contributed by atoms with van der Waals surface area (Å²) in [7, 11) is 0. The molecule has 1 amide bonds. The minimum absolute atomic E-state index is 0.00184. The van der Waals surface area contributed by atoms with Crippen molar-refractivity contribution in [3.63, 3.8) is 0 Å². The van der Waals surface area contributed by atoms with E-state index in [2.05, 4.69) is 12.2 Å². The van der Waals surface area contributed by atoms with Gasteiger partial charge < -0.3 is 15.3 Å². The van der Waals surface area contributed by atoms with E-state index in [1.165, 1.54) is 0 Å². The summed E-state index contributed by atoms with van der Waals surface area (Å²) in [5.74, 6) is -0.273. The van der Waals surface area contributed by atoms with Gasteiger partial charge in [-0.05, 0) is 39.2 Å². The molecule has 3 unspecified atom stereocenters. The van der Waals surface area contributed by atoms with Crippen LogP contribution in [0.3, 0.4) is 0 Å². The number of hydrogen-bond acceptors (Lipinski definition) is 3. The molecule has 2 N–H and O–H groups in total. The summed E-state index contributed by atoms with van der Waals surface area (Å²) in [4.78, 5) is 24.8. The number of carbonyl (C=O) groups excluding carboxylic acids is 1. The number of nitrogens with zero attached hydrogens (tertiary/aromatic N) is 1. The molecule has 1 rings (SSSR count). The molecule has 0 bridgehead atoms. The average molecular weight is 256 g/mol. The molecule has 1 fully saturated rings. The topological polar surface area (TPSA) is 69.6 Å². The number of piperidine rings is 1. The number of nitrogens with one attached hydrogen (secondary N) is 1. The van der Waals surface area contributed by atoms with E-state index in [4.69, 9.17) is 5.11 Å². The third-order valence-corrected chi connectivity index (χ3v) is 3.59. The second-order valence-electron chi connectivity index (χ2n) is 5.21. The summed E-state index contributed by atoms with van der Waals surface area (Å²) in [6.07, 6.45) is 1.94. The molecular weight excluding hydrogens is 232 g/mol. The SMILES string of the molecule is CCN(C(=O)C1CC(C)CCN1)C(C)CC(=O)O. The summed E-state index contributed by atoms with van der Waals surface area (Å²) in [6.45, 7) is 7.25. The largest absolute Gasteiger partial charge is 0.481 e. The molecule has 0 aromatic rings. The zero-order chi connectivity index (χ0) is 13.7. The Morgan fingerprint density at radius 2 is 2.17 bits per heavy atom. The molecule has 1 saturated heterocycles. The van der Waals surface area contributed by atoms with E-state index in [1.54, 1.807) is 11.8 Å². The molecular formula is C13H24N2O3. The van der Waals surface area contributed by atoms with Crippen LogP contribution in [0, 0.1) is 5.92 Å². The van der Waals surface area contributed by atoms with Crippen molar-refractivity contribution >= 4 is 11.9 Å². The van der Waals surface area contributed by atoms with Crippen LogP contribution in [-0.2, 0) is 9.59 Å². The van der Waals surface area contributed by atoms with Gasteiger partial charge >= 0.3 is 5.97 Å². The van der Waals surface area contributed by atoms with E-state index >= 15 is 0 Å². The van der Waals surface area contributed by atoms with Crippen LogP contribution in [-0.4, -0.2) is 47.1 Å². The fourth-order valence-electron chi connectivity index (χ4n) is 2.54. The average Bonchev–Trinajstić information content (AvgIpc) is 2.28. The second-order valence-corrected chi connectivity index (χ2v) is 5.21. The van der Waals surface area contributed by atoms with Crippen LogP contribution in [0.25, 0.3) is 0 Å². The van der Waals surface area contributed by atoms with E-state index in [0.29, 0.717) is 12.5 Å². The molecule has 0 aromatic heterocycles. The van der Waals surface area contributed by atoms with Crippen LogP contribution < -0.4 is 5.32 Å². The summed E-state index contributed by atoms with van der Waals surface area (Å²) in [5, 5.41) is 12.0. The van der Waals surface area contributed by atoms with Gasteiger partial charge in [-0.25, -0.2) is 0 Å². The standard InChI is InChI=1S/C13H24N2O3/c1-4-15(10(3)8-12(16)17)13(18)11-7-9(2)5-6-14-11/h9-11,14H,4-8H2,1-3H3,(H,16,17). The summed E-state index contributed by atoms with van der Waals surface area (Å²) in [5.41, 5.74) is 0. The van der Waals surface area contributed by atoms with Gasteiger partial charge in [-0.1, -0.05) is 6.92 Å². The third kappa shape index (κ3) is 3.98. The highest BCUT2D eigenvalue weighted by molar-refractivity contribution is 5.83. The number of amides is 1. The fourth-order valence-corrected chi connectivity index (χ4v) is 2.54. The maximum Gasteiger partial charge on any atom is 0.305 e. The fraction of sp³-hybridized carbons (Fsp3) is 0.846. The quantitative estimate of drug-likeness (QED) is 0.772. The maximum absolute atomic E-state index is 12.4. The van der Waals surface area contributed by atoms with Crippen LogP contribution >= 0.6 is 0 Å². The smallest absolute Gasteiger partial charge is 0.305 e. The minimum atomic E-state index is -0.862. The van der Waals surface area contributed by atoms with E-state index < -0.39 is 5.97 Å². The lowest BCUT2D eigenvalue weighted by Gasteiger charge is -2.34. The number of likely N-dealkylation sites (N-methyl/N-ethyl adjacent to an activating group) is 1. The van der Waals surface area contributed by atoms with E-state index in [1.807, 2.05) is 6.92 Å². The van der Waals surface area contributed by atoms with Gasteiger partial charge in [0.15, 0.2) is 0 Å². The highest BCUT2D eigenvalue weighted by Gasteiger charge is 2.30. The van der Waals surface area contributed by atoms with Crippen LogP contribution in [0.15, 0.2) is 0 Å². The number of carboxylic acids is 1. The van der Waals surface area contributed by atoms with Crippen LogP contribution in [0.1, 0.15) is 40.0 Å². The predicted octanol–water partition coefficient (Wildman–Crippen LogP) is 1.09. The Kier molecular flexibility index (Phi) is 5.59. The monoisotopic (exact) mass is 256 g/mol. The first-order valence-corrected chi connectivity index (χ1v) is 6.71. The van der Waals surface area contributed by atoms with Gasteiger partial charge in [0.2, 0.25) is 5.91 Å². The lowest BCUT2D eigenvalue weighted by Crippen LogP contribution is -2.52. The molecule has 0 radical (unpaired) electrons. The summed E-state index contributed by atoms with van der Waals surface area (Å²) >= 11 is 0. The van der Waals surface area contributed by atoms with Crippen molar-refractivity contribution in [3.8, 4) is 0 Å². The van der Waals surface area contributed by atoms with Gasteiger partial charge in [-0.15, -0.1) is 0 Å². The first-order valence-electron chi connectivity index (χ1n) is 6.71. The van der Waals surface area contributed by atoms with Gasteiger partial charge in [0.05, 0.1) is 12.5 Å². The molecule has 5 nitrogen and oxygen atoms in total. The minimum Gasteiger partial charge on any atom is -0.481 e. The first kappa shape index (κ1) is 15.0. The molecule has 5 heteroatoms. The molecule has 0 saturated carbocycles. The number of carbonyl (C=O) groups is 2. The Bertz CT molecular complexity index is 307. The molecule has 1 aliphatic heterocycles. The van der Waals surface area contributed by atoms with Crippen LogP contribution in [0.4, 0.5) is 0 Å². The van der Waals surface area contributed by atoms with Gasteiger partial charge in [0, 0.05) is 12.6 Å². The van der Waals surface area contributed by atoms with Crippen molar-refractivity contribution < 1.29 is 14.7 Å². The zero-order valence-electron chi connectivity index (χ0n) is 11.5. The van der Waals surface area contributed by atoms with Crippen LogP contribution in [0.2, 0.25) is 0 Å².